The Morgan fingerprint density at radius 2 is 2.09 bits per heavy atom. The summed E-state index contributed by atoms with van der Waals surface area (Å²) in [6.07, 6.45) is 1.65. The highest BCUT2D eigenvalue weighted by atomic mass is 32.2. The molecule has 0 aliphatic heterocycles. The lowest BCUT2D eigenvalue weighted by molar-refractivity contribution is -0.118. The van der Waals surface area contributed by atoms with Gasteiger partial charge in [0.1, 0.15) is 0 Å². The van der Waals surface area contributed by atoms with E-state index in [0.29, 0.717) is 18.2 Å². The van der Waals surface area contributed by atoms with Gasteiger partial charge in [0.15, 0.2) is 4.34 Å². The van der Waals surface area contributed by atoms with Crippen molar-refractivity contribution in [3.05, 3.63) is 42.5 Å². The Bertz CT molecular complexity index is 652. The van der Waals surface area contributed by atoms with Gasteiger partial charge in [0.25, 0.3) is 0 Å². The molecular weight excluding hydrogens is 328 g/mol. The molecule has 0 radical (unpaired) electrons. The van der Waals surface area contributed by atoms with Crippen molar-refractivity contribution in [2.75, 3.05) is 17.6 Å². The molecule has 2 aromatic rings. The maximum atomic E-state index is 11.5. The van der Waals surface area contributed by atoms with Crippen LogP contribution in [0, 0.1) is 0 Å². The van der Waals surface area contributed by atoms with Crippen LogP contribution in [0.2, 0.25) is 0 Å². The van der Waals surface area contributed by atoms with E-state index in [1.807, 2.05) is 12.1 Å². The third kappa shape index (κ3) is 5.69. The van der Waals surface area contributed by atoms with Gasteiger partial charge in [-0.3, -0.25) is 4.79 Å². The lowest BCUT2D eigenvalue weighted by atomic mass is 10.0. The number of rotatable bonds is 8. The largest absolute Gasteiger partial charge is 0.352 e. The number of carbonyl (C=O) groups is 1. The normalized spacial score (nSPS) is 10.6. The zero-order valence-corrected chi connectivity index (χ0v) is 14.8. The Balaban J connectivity index is 1.86. The molecule has 0 bridgehead atoms. The molecule has 0 spiro atoms. The van der Waals surface area contributed by atoms with Crippen LogP contribution in [0.3, 0.4) is 0 Å². The van der Waals surface area contributed by atoms with Gasteiger partial charge in [0.2, 0.25) is 11.0 Å². The van der Waals surface area contributed by atoms with Crippen LogP contribution in [-0.4, -0.2) is 28.4 Å². The van der Waals surface area contributed by atoms with Gasteiger partial charge >= 0.3 is 0 Å². The molecule has 0 aliphatic carbocycles. The quantitative estimate of drug-likeness (QED) is 0.561. The van der Waals surface area contributed by atoms with Gasteiger partial charge in [-0.25, -0.2) is 0 Å². The lowest BCUT2D eigenvalue weighted by Gasteiger charge is -2.06. The highest BCUT2D eigenvalue weighted by Gasteiger charge is 2.08. The fraction of sp³-hybridized carbons (Fsp3) is 0.312. The lowest BCUT2D eigenvalue weighted by Crippen LogP contribution is -2.24. The van der Waals surface area contributed by atoms with Gasteiger partial charge < -0.3 is 10.6 Å². The molecule has 1 heterocycles. The van der Waals surface area contributed by atoms with E-state index < -0.39 is 0 Å². The van der Waals surface area contributed by atoms with Gasteiger partial charge in [-0.2, -0.15) is 0 Å². The number of amides is 1. The SMILES string of the molecule is C=CCNC(=O)CSc1nnc(Nc2ccc(C(C)C)cc2)s1. The minimum atomic E-state index is -0.0381. The molecule has 122 valence electrons. The van der Waals surface area contributed by atoms with Crippen LogP contribution in [-0.2, 0) is 4.79 Å². The summed E-state index contributed by atoms with van der Waals surface area (Å²) in [5.41, 5.74) is 2.28. The van der Waals surface area contributed by atoms with Gasteiger partial charge in [-0.05, 0) is 23.6 Å². The predicted molar refractivity (Wildman–Crippen MR) is 97.7 cm³/mol. The smallest absolute Gasteiger partial charge is 0.230 e. The number of benzene rings is 1. The molecule has 2 N–H and O–H groups in total. The molecule has 0 unspecified atom stereocenters. The number of thioether (sulfide) groups is 1. The molecule has 2 rings (SSSR count). The number of aromatic nitrogens is 2. The van der Waals surface area contributed by atoms with E-state index in [0.717, 1.165) is 15.2 Å². The van der Waals surface area contributed by atoms with Gasteiger partial charge in [-0.1, -0.05) is 55.2 Å². The van der Waals surface area contributed by atoms with Crippen molar-refractivity contribution in [2.45, 2.75) is 24.1 Å². The molecule has 1 amide bonds. The second-order valence-corrected chi connectivity index (χ2v) is 7.36. The molecule has 5 nitrogen and oxygen atoms in total. The average molecular weight is 348 g/mol. The standard InChI is InChI=1S/C16H20N4OS2/c1-4-9-17-14(21)10-22-16-20-19-15(23-16)18-13-7-5-12(6-8-13)11(2)3/h4-8,11H,1,9-10H2,2-3H3,(H,17,21)(H,18,19). The molecular formula is C16H20N4OS2. The van der Waals surface area contributed by atoms with Crippen molar-refractivity contribution >= 4 is 39.8 Å². The maximum absolute atomic E-state index is 11.5. The first kappa shape index (κ1) is 17.5. The monoisotopic (exact) mass is 348 g/mol. The van der Waals surface area contributed by atoms with Gasteiger partial charge in [0.05, 0.1) is 5.75 Å². The van der Waals surface area contributed by atoms with E-state index in [9.17, 15) is 4.79 Å². The third-order valence-electron chi connectivity index (χ3n) is 3.01. The second kappa shape index (κ2) is 8.69. The van der Waals surface area contributed by atoms with E-state index in [-0.39, 0.29) is 5.91 Å². The highest BCUT2D eigenvalue weighted by molar-refractivity contribution is 8.01. The average Bonchev–Trinajstić information content (AvgIpc) is 2.99. The molecule has 0 fully saturated rings. The van der Waals surface area contributed by atoms with Crippen molar-refractivity contribution < 1.29 is 4.79 Å². The summed E-state index contributed by atoms with van der Waals surface area (Å²) >= 11 is 2.81. The summed E-state index contributed by atoms with van der Waals surface area (Å²) in [4.78, 5) is 11.5. The predicted octanol–water partition coefficient (Wildman–Crippen LogP) is 3.80. The van der Waals surface area contributed by atoms with Crippen LogP contribution in [0.5, 0.6) is 0 Å². The number of anilines is 2. The van der Waals surface area contributed by atoms with Crippen LogP contribution in [0.1, 0.15) is 25.3 Å². The van der Waals surface area contributed by atoms with Crippen molar-refractivity contribution in [3.8, 4) is 0 Å². The molecule has 0 saturated carbocycles. The summed E-state index contributed by atoms with van der Waals surface area (Å²) < 4.78 is 0.764. The number of carbonyl (C=O) groups excluding carboxylic acids is 1. The van der Waals surface area contributed by atoms with Crippen LogP contribution in [0.15, 0.2) is 41.3 Å². The van der Waals surface area contributed by atoms with Crippen LogP contribution in [0.4, 0.5) is 10.8 Å². The Labute approximate surface area is 144 Å². The number of nitrogens with one attached hydrogen (secondary N) is 2. The third-order valence-corrected chi connectivity index (χ3v) is 4.98. The van der Waals surface area contributed by atoms with Crippen LogP contribution >= 0.6 is 23.1 Å². The van der Waals surface area contributed by atoms with Crippen LogP contribution in [0.25, 0.3) is 0 Å². The van der Waals surface area contributed by atoms with E-state index in [1.54, 1.807) is 6.08 Å². The zero-order valence-electron chi connectivity index (χ0n) is 13.2. The first-order chi connectivity index (χ1) is 11.1. The first-order valence-electron chi connectivity index (χ1n) is 7.29. The van der Waals surface area contributed by atoms with Crippen molar-refractivity contribution in [1.29, 1.82) is 0 Å². The molecule has 0 aliphatic rings. The highest BCUT2D eigenvalue weighted by Crippen LogP contribution is 2.28. The van der Waals surface area contributed by atoms with Gasteiger partial charge in [-0.15, -0.1) is 16.8 Å². The van der Waals surface area contributed by atoms with Crippen LogP contribution < -0.4 is 10.6 Å². The number of nitrogens with zero attached hydrogens (tertiary/aromatic N) is 2. The molecule has 23 heavy (non-hydrogen) atoms. The van der Waals surface area contributed by atoms with Crippen molar-refractivity contribution in [3.63, 3.8) is 0 Å². The molecule has 0 atom stereocenters. The Kier molecular flexibility index (Phi) is 6.61. The second-order valence-electron chi connectivity index (χ2n) is 5.16. The summed E-state index contributed by atoms with van der Waals surface area (Å²) in [6, 6.07) is 8.28. The summed E-state index contributed by atoms with van der Waals surface area (Å²) in [6.45, 7) is 8.38. The molecule has 1 aromatic heterocycles. The van der Waals surface area contributed by atoms with E-state index in [1.165, 1.54) is 28.7 Å². The summed E-state index contributed by atoms with van der Waals surface area (Å²) in [5, 5.41) is 14.9. The minimum absolute atomic E-state index is 0.0381. The Morgan fingerprint density at radius 1 is 1.35 bits per heavy atom. The Morgan fingerprint density at radius 3 is 2.74 bits per heavy atom. The number of hydrogen-bond donors (Lipinski definition) is 2. The van der Waals surface area contributed by atoms with Gasteiger partial charge in [0, 0.05) is 12.2 Å². The molecule has 7 heteroatoms. The molecule has 1 aromatic carbocycles. The zero-order chi connectivity index (χ0) is 16.7. The maximum Gasteiger partial charge on any atom is 0.230 e. The van der Waals surface area contributed by atoms with E-state index in [4.69, 9.17) is 0 Å². The topological polar surface area (TPSA) is 66.9 Å². The fourth-order valence-electron chi connectivity index (χ4n) is 1.76. The Hall–Kier alpha value is -1.86. The van der Waals surface area contributed by atoms with E-state index >= 15 is 0 Å². The fourth-order valence-corrected chi connectivity index (χ4v) is 3.36. The molecule has 0 saturated heterocycles. The van der Waals surface area contributed by atoms with Crippen molar-refractivity contribution in [1.82, 2.24) is 15.5 Å². The summed E-state index contributed by atoms with van der Waals surface area (Å²) in [7, 11) is 0. The minimum Gasteiger partial charge on any atom is -0.352 e. The van der Waals surface area contributed by atoms with Crippen molar-refractivity contribution in [2.24, 2.45) is 0 Å². The first-order valence-corrected chi connectivity index (χ1v) is 9.09. The number of hydrogen-bond acceptors (Lipinski definition) is 6. The van der Waals surface area contributed by atoms with E-state index in [2.05, 4.69) is 53.4 Å². The summed E-state index contributed by atoms with van der Waals surface area (Å²) in [5.74, 6) is 0.802.